The van der Waals surface area contributed by atoms with Gasteiger partial charge in [-0.25, -0.2) is 0 Å². The summed E-state index contributed by atoms with van der Waals surface area (Å²) in [5, 5.41) is 6.80. The highest BCUT2D eigenvalue weighted by Gasteiger charge is 2.15. The lowest BCUT2D eigenvalue weighted by Crippen LogP contribution is -2.11. The van der Waals surface area contributed by atoms with Crippen molar-refractivity contribution in [3.63, 3.8) is 0 Å². The van der Waals surface area contributed by atoms with Crippen molar-refractivity contribution in [2.45, 2.75) is 13.3 Å². The van der Waals surface area contributed by atoms with Gasteiger partial charge in [0.15, 0.2) is 0 Å². The minimum absolute atomic E-state index is 0.178. The number of halogens is 1. The van der Waals surface area contributed by atoms with Crippen LogP contribution in [0.25, 0.3) is 11.3 Å². The number of amides is 1. The van der Waals surface area contributed by atoms with Crippen molar-refractivity contribution in [1.82, 2.24) is 5.16 Å². The lowest BCUT2D eigenvalue weighted by Gasteiger charge is -2.07. The molecule has 0 saturated carbocycles. The Bertz CT molecular complexity index is 828. The number of aryl methyl sites for hydroxylation is 1. The summed E-state index contributed by atoms with van der Waals surface area (Å²) in [6, 6.07) is 17.1. The molecule has 0 saturated heterocycles. The number of nitrogens with zero attached hydrogens (tertiary/aromatic N) is 1. The Hall–Kier alpha value is -2.40. The molecule has 4 nitrogen and oxygen atoms in total. The Morgan fingerprint density at radius 1 is 1.17 bits per heavy atom. The highest BCUT2D eigenvalue weighted by molar-refractivity contribution is 9.10. The van der Waals surface area contributed by atoms with Gasteiger partial charge in [-0.15, -0.1) is 0 Å². The van der Waals surface area contributed by atoms with Crippen LogP contribution in [0.5, 0.6) is 0 Å². The monoisotopic (exact) mass is 370 g/mol. The maximum absolute atomic E-state index is 12.3. The molecule has 0 aliphatic rings. The second kappa shape index (κ2) is 6.79. The molecule has 1 amide bonds. The van der Waals surface area contributed by atoms with Crippen LogP contribution in [0.1, 0.15) is 23.0 Å². The van der Waals surface area contributed by atoms with E-state index in [9.17, 15) is 4.79 Å². The maximum atomic E-state index is 12.3. The van der Waals surface area contributed by atoms with Crippen molar-refractivity contribution in [2.75, 3.05) is 5.32 Å². The second-order valence-electron chi connectivity index (χ2n) is 5.06. The van der Waals surface area contributed by atoms with E-state index in [1.165, 1.54) is 0 Å². The first-order valence-electron chi connectivity index (χ1n) is 7.29. The van der Waals surface area contributed by atoms with Gasteiger partial charge in [-0.05, 0) is 40.0 Å². The Labute approximate surface area is 142 Å². The van der Waals surface area contributed by atoms with E-state index < -0.39 is 0 Å². The van der Waals surface area contributed by atoms with Crippen LogP contribution < -0.4 is 5.32 Å². The van der Waals surface area contributed by atoms with Crippen molar-refractivity contribution in [2.24, 2.45) is 0 Å². The molecule has 1 aromatic heterocycles. The van der Waals surface area contributed by atoms with Crippen LogP contribution in [0.15, 0.2) is 63.6 Å². The number of carbonyl (C=O) groups excluding carboxylic acids is 1. The normalized spacial score (nSPS) is 10.5. The molecule has 0 aliphatic heterocycles. The van der Waals surface area contributed by atoms with Gasteiger partial charge in [0.25, 0.3) is 5.91 Å². The van der Waals surface area contributed by atoms with E-state index >= 15 is 0 Å². The van der Waals surface area contributed by atoms with Crippen LogP contribution in [0.3, 0.4) is 0 Å². The molecule has 0 spiro atoms. The first-order chi connectivity index (χ1) is 11.2. The van der Waals surface area contributed by atoms with E-state index in [2.05, 4.69) is 33.3 Å². The fourth-order valence-corrected chi connectivity index (χ4v) is 2.54. The van der Waals surface area contributed by atoms with Crippen molar-refractivity contribution < 1.29 is 9.32 Å². The molecule has 0 atom stereocenters. The molecule has 1 N–H and O–H groups in total. The zero-order chi connectivity index (χ0) is 16.2. The molecular weight excluding hydrogens is 356 g/mol. The van der Waals surface area contributed by atoms with Gasteiger partial charge in [0.05, 0.1) is 5.69 Å². The van der Waals surface area contributed by atoms with Gasteiger partial charge < -0.3 is 9.84 Å². The SMILES string of the molecule is CCc1ccc(Br)c(NC(=O)c2cc(-c3ccccc3)no2)c1. The number of anilines is 1. The summed E-state index contributed by atoms with van der Waals surface area (Å²) in [6.45, 7) is 2.07. The summed E-state index contributed by atoms with van der Waals surface area (Å²) in [5.41, 5.74) is 3.40. The first-order valence-corrected chi connectivity index (χ1v) is 8.08. The number of aromatic nitrogens is 1. The van der Waals surface area contributed by atoms with Gasteiger partial charge in [0.1, 0.15) is 5.69 Å². The third-order valence-corrected chi connectivity index (χ3v) is 4.18. The lowest BCUT2D eigenvalue weighted by molar-refractivity contribution is 0.0988. The van der Waals surface area contributed by atoms with E-state index in [-0.39, 0.29) is 11.7 Å². The standard InChI is InChI=1S/C18H15BrN2O2/c1-2-12-8-9-14(19)16(10-12)20-18(22)17-11-15(21-23-17)13-6-4-3-5-7-13/h3-11H,2H2,1H3,(H,20,22). The van der Waals surface area contributed by atoms with Crippen molar-refractivity contribution in [1.29, 1.82) is 0 Å². The molecule has 116 valence electrons. The predicted octanol–water partition coefficient (Wildman–Crippen LogP) is 4.92. The zero-order valence-electron chi connectivity index (χ0n) is 12.5. The number of nitrogens with one attached hydrogen (secondary N) is 1. The van der Waals surface area contributed by atoms with Crippen LogP contribution in [0, 0.1) is 0 Å². The van der Waals surface area contributed by atoms with E-state index in [0.29, 0.717) is 11.4 Å². The van der Waals surface area contributed by atoms with Crippen molar-refractivity contribution >= 4 is 27.5 Å². The Kier molecular flexibility index (Phi) is 4.57. The average Bonchev–Trinajstić information content (AvgIpc) is 3.08. The topological polar surface area (TPSA) is 55.1 Å². The Morgan fingerprint density at radius 3 is 2.70 bits per heavy atom. The van der Waals surface area contributed by atoms with Gasteiger partial charge >= 0.3 is 0 Å². The van der Waals surface area contributed by atoms with Gasteiger partial charge in [0.2, 0.25) is 5.76 Å². The van der Waals surface area contributed by atoms with Crippen molar-refractivity contribution in [3.8, 4) is 11.3 Å². The van der Waals surface area contributed by atoms with E-state index in [0.717, 1.165) is 22.0 Å². The van der Waals surface area contributed by atoms with Gasteiger partial charge in [-0.3, -0.25) is 4.79 Å². The van der Waals surface area contributed by atoms with E-state index in [4.69, 9.17) is 4.52 Å². The number of carbonyl (C=O) groups is 1. The Morgan fingerprint density at radius 2 is 1.96 bits per heavy atom. The summed E-state index contributed by atoms with van der Waals surface area (Å²) in [4.78, 5) is 12.3. The minimum Gasteiger partial charge on any atom is -0.350 e. The van der Waals surface area contributed by atoms with Crippen molar-refractivity contribution in [3.05, 3.63) is 70.4 Å². The summed E-state index contributed by atoms with van der Waals surface area (Å²) in [6.07, 6.45) is 0.899. The Balaban J connectivity index is 1.81. The van der Waals surface area contributed by atoms with Crippen LogP contribution in [-0.2, 0) is 6.42 Å². The molecule has 0 bridgehead atoms. The smallest absolute Gasteiger partial charge is 0.294 e. The average molecular weight is 371 g/mol. The molecule has 0 aliphatic carbocycles. The zero-order valence-corrected chi connectivity index (χ0v) is 14.1. The van der Waals surface area contributed by atoms with Crippen LogP contribution in [0.4, 0.5) is 5.69 Å². The molecule has 0 fully saturated rings. The molecule has 2 aromatic carbocycles. The molecule has 0 radical (unpaired) electrons. The summed E-state index contributed by atoms with van der Waals surface area (Å²) in [5.74, 6) is -0.147. The third kappa shape index (κ3) is 3.51. The van der Waals surface area contributed by atoms with Crippen LogP contribution in [0.2, 0.25) is 0 Å². The molecule has 3 rings (SSSR count). The molecule has 5 heteroatoms. The fourth-order valence-electron chi connectivity index (χ4n) is 2.20. The highest BCUT2D eigenvalue weighted by atomic mass is 79.9. The number of hydrogen-bond acceptors (Lipinski definition) is 3. The molecule has 3 aromatic rings. The molecule has 1 heterocycles. The van der Waals surface area contributed by atoms with Gasteiger partial charge in [0, 0.05) is 16.1 Å². The number of hydrogen-bond donors (Lipinski definition) is 1. The predicted molar refractivity (Wildman–Crippen MR) is 93.4 cm³/mol. The maximum Gasteiger partial charge on any atom is 0.294 e. The van der Waals surface area contributed by atoms with Gasteiger partial charge in [-0.2, -0.15) is 0 Å². The summed E-state index contributed by atoms with van der Waals surface area (Å²) >= 11 is 3.44. The van der Waals surface area contributed by atoms with Crippen LogP contribution in [-0.4, -0.2) is 11.1 Å². The minimum atomic E-state index is -0.325. The van der Waals surface area contributed by atoms with E-state index in [1.54, 1.807) is 6.07 Å². The summed E-state index contributed by atoms with van der Waals surface area (Å²) in [7, 11) is 0. The lowest BCUT2D eigenvalue weighted by atomic mass is 10.1. The quantitative estimate of drug-likeness (QED) is 0.708. The number of rotatable bonds is 4. The molecule has 23 heavy (non-hydrogen) atoms. The largest absolute Gasteiger partial charge is 0.350 e. The second-order valence-corrected chi connectivity index (χ2v) is 5.92. The molecule has 0 unspecified atom stereocenters. The van der Waals surface area contributed by atoms with Crippen LogP contribution >= 0.6 is 15.9 Å². The summed E-state index contributed by atoms with van der Waals surface area (Å²) < 4.78 is 6.00. The van der Waals surface area contributed by atoms with E-state index in [1.807, 2.05) is 48.5 Å². The third-order valence-electron chi connectivity index (χ3n) is 3.49. The van der Waals surface area contributed by atoms with Gasteiger partial charge in [-0.1, -0.05) is 48.5 Å². The first kappa shape index (κ1) is 15.5. The number of benzene rings is 2. The highest BCUT2D eigenvalue weighted by Crippen LogP contribution is 2.25. The molecular formula is C18H15BrN2O2. The fraction of sp³-hybridized carbons (Fsp3) is 0.111.